The largest absolute Gasteiger partial charge is 0.488 e. The topological polar surface area (TPSA) is 46.1 Å². The Morgan fingerprint density at radius 3 is 2.52 bits per heavy atom. The molecule has 5 heteroatoms. The molecule has 1 heterocycles. The zero-order valence-corrected chi connectivity index (χ0v) is 16.3. The van der Waals surface area contributed by atoms with Gasteiger partial charge in [0.2, 0.25) is 0 Å². The molecule has 140 valence electrons. The number of hydrogen-bond donors (Lipinski definition) is 1. The molecule has 25 heavy (non-hydrogen) atoms. The number of nitrogens with one attached hydrogen (secondary N) is 1. The lowest BCUT2D eigenvalue weighted by atomic mass is 10.1. The van der Waals surface area contributed by atoms with Crippen molar-refractivity contribution in [3.8, 4) is 5.75 Å². The van der Waals surface area contributed by atoms with Gasteiger partial charge in [0, 0.05) is 38.9 Å². The Kier molecular flexibility index (Phi) is 7.12. The summed E-state index contributed by atoms with van der Waals surface area (Å²) in [5, 5.41) is 3.48. The Morgan fingerprint density at radius 1 is 1.24 bits per heavy atom. The van der Waals surface area contributed by atoms with Crippen molar-refractivity contribution >= 4 is 5.96 Å². The summed E-state index contributed by atoms with van der Waals surface area (Å²) < 4.78 is 11.8. The molecule has 0 aromatic heterocycles. The third-order valence-electron chi connectivity index (χ3n) is 4.18. The molecule has 1 fully saturated rings. The Labute approximate surface area is 152 Å². The van der Waals surface area contributed by atoms with Crippen molar-refractivity contribution in [1.82, 2.24) is 10.2 Å². The fraction of sp³-hybridized carbons (Fsp3) is 0.650. The van der Waals surface area contributed by atoms with Crippen LogP contribution < -0.4 is 10.1 Å². The average Bonchev–Trinajstić information content (AvgIpc) is 2.57. The smallest absolute Gasteiger partial charge is 0.193 e. The van der Waals surface area contributed by atoms with Crippen LogP contribution in [0.4, 0.5) is 0 Å². The molecule has 0 atom stereocenters. The van der Waals surface area contributed by atoms with Gasteiger partial charge in [0.1, 0.15) is 11.4 Å². The molecule has 0 saturated carbocycles. The van der Waals surface area contributed by atoms with Gasteiger partial charge in [-0.3, -0.25) is 4.99 Å². The lowest BCUT2D eigenvalue weighted by Crippen LogP contribution is -2.46. The van der Waals surface area contributed by atoms with Crippen LogP contribution in [0.2, 0.25) is 0 Å². The first-order valence-electron chi connectivity index (χ1n) is 9.27. The van der Waals surface area contributed by atoms with E-state index in [0.717, 1.165) is 49.8 Å². The highest BCUT2D eigenvalue weighted by Crippen LogP contribution is 2.23. The van der Waals surface area contributed by atoms with Gasteiger partial charge in [-0.25, -0.2) is 0 Å². The van der Waals surface area contributed by atoms with Gasteiger partial charge in [-0.15, -0.1) is 0 Å². The van der Waals surface area contributed by atoms with Gasteiger partial charge in [-0.2, -0.15) is 0 Å². The van der Waals surface area contributed by atoms with E-state index < -0.39 is 0 Å². The minimum absolute atomic E-state index is 0.209. The van der Waals surface area contributed by atoms with E-state index in [1.54, 1.807) is 0 Å². The molecule has 2 rings (SSSR count). The molecule has 0 radical (unpaired) electrons. The summed E-state index contributed by atoms with van der Waals surface area (Å²) in [6.45, 7) is 11.7. The van der Waals surface area contributed by atoms with Crippen LogP contribution >= 0.6 is 0 Å². The van der Waals surface area contributed by atoms with Crippen molar-refractivity contribution in [2.24, 2.45) is 4.99 Å². The molecule has 1 N–H and O–H groups in total. The summed E-state index contributed by atoms with van der Waals surface area (Å²) in [6.07, 6.45) is 2.50. The summed E-state index contributed by atoms with van der Waals surface area (Å²) in [4.78, 5) is 6.76. The van der Waals surface area contributed by atoms with Crippen LogP contribution in [0.5, 0.6) is 5.75 Å². The van der Waals surface area contributed by atoms with Gasteiger partial charge in [-0.1, -0.05) is 18.2 Å². The molecule has 5 nitrogen and oxygen atoms in total. The van der Waals surface area contributed by atoms with E-state index in [1.165, 1.54) is 0 Å². The Hall–Kier alpha value is -1.75. The summed E-state index contributed by atoms with van der Waals surface area (Å²) in [5.41, 5.74) is 0.932. The van der Waals surface area contributed by atoms with Crippen molar-refractivity contribution < 1.29 is 9.47 Å². The third-order valence-corrected chi connectivity index (χ3v) is 4.18. The van der Waals surface area contributed by atoms with Crippen molar-refractivity contribution in [3.05, 3.63) is 29.8 Å². The summed E-state index contributed by atoms with van der Waals surface area (Å²) in [6, 6.07) is 8.18. The fourth-order valence-electron chi connectivity index (χ4n) is 3.06. The number of piperidine rings is 1. The second-order valence-electron chi connectivity index (χ2n) is 7.36. The van der Waals surface area contributed by atoms with Gasteiger partial charge < -0.3 is 19.7 Å². The highest BCUT2D eigenvalue weighted by molar-refractivity contribution is 5.80. The highest BCUT2D eigenvalue weighted by Gasteiger charge is 2.22. The second kappa shape index (κ2) is 9.09. The van der Waals surface area contributed by atoms with Crippen LogP contribution in [-0.4, -0.2) is 49.3 Å². The molecule has 0 unspecified atom stereocenters. The fourth-order valence-corrected chi connectivity index (χ4v) is 3.06. The number of likely N-dealkylation sites (tertiary alicyclic amines) is 1. The van der Waals surface area contributed by atoms with Gasteiger partial charge in [0.15, 0.2) is 5.96 Å². The van der Waals surface area contributed by atoms with Crippen molar-refractivity contribution in [1.29, 1.82) is 0 Å². The van der Waals surface area contributed by atoms with Crippen LogP contribution in [0.25, 0.3) is 0 Å². The van der Waals surface area contributed by atoms with Gasteiger partial charge in [0.25, 0.3) is 0 Å². The maximum absolute atomic E-state index is 6.08. The minimum atomic E-state index is -0.209. The van der Waals surface area contributed by atoms with Crippen molar-refractivity contribution in [2.45, 2.75) is 58.8 Å². The monoisotopic (exact) mass is 347 g/mol. The van der Waals surface area contributed by atoms with E-state index >= 15 is 0 Å². The number of nitrogens with zero attached hydrogens (tertiary/aromatic N) is 2. The van der Waals surface area contributed by atoms with E-state index in [4.69, 9.17) is 9.47 Å². The molecule has 0 spiro atoms. The van der Waals surface area contributed by atoms with Crippen LogP contribution in [0.1, 0.15) is 46.1 Å². The Bertz CT molecular complexity index is 558. The molecule has 0 amide bonds. The van der Waals surface area contributed by atoms with Crippen LogP contribution in [-0.2, 0) is 11.3 Å². The summed E-state index contributed by atoms with van der Waals surface area (Å²) in [5.74, 6) is 1.87. The Balaban J connectivity index is 1.94. The molecule has 0 bridgehead atoms. The number of ether oxygens (including phenoxy) is 2. The maximum Gasteiger partial charge on any atom is 0.193 e. The summed E-state index contributed by atoms with van der Waals surface area (Å²) >= 11 is 0. The average molecular weight is 348 g/mol. The first-order valence-corrected chi connectivity index (χ1v) is 9.27. The van der Waals surface area contributed by atoms with Gasteiger partial charge in [-0.05, 0) is 46.6 Å². The van der Waals surface area contributed by atoms with E-state index in [1.807, 2.05) is 25.2 Å². The van der Waals surface area contributed by atoms with Crippen LogP contribution in [0, 0.1) is 0 Å². The number of rotatable bonds is 5. The zero-order valence-electron chi connectivity index (χ0n) is 16.3. The normalized spacial score (nSPS) is 16.8. The molecule has 1 aromatic rings. The highest BCUT2D eigenvalue weighted by atomic mass is 16.5. The quantitative estimate of drug-likeness (QED) is 0.655. The Morgan fingerprint density at radius 2 is 1.92 bits per heavy atom. The number of para-hydroxylation sites is 1. The molecule has 1 aliphatic rings. The van der Waals surface area contributed by atoms with E-state index in [0.29, 0.717) is 12.6 Å². The van der Waals surface area contributed by atoms with Crippen LogP contribution in [0.3, 0.4) is 0 Å². The lowest BCUT2D eigenvalue weighted by molar-refractivity contribution is 0.0263. The maximum atomic E-state index is 6.08. The first kappa shape index (κ1) is 19.6. The van der Waals surface area contributed by atoms with Gasteiger partial charge >= 0.3 is 0 Å². The van der Waals surface area contributed by atoms with E-state index in [-0.39, 0.29) is 5.60 Å². The van der Waals surface area contributed by atoms with Crippen molar-refractivity contribution in [2.75, 3.05) is 26.7 Å². The lowest BCUT2D eigenvalue weighted by Gasteiger charge is -2.34. The molecular weight excluding hydrogens is 314 g/mol. The molecule has 1 aromatic carbocycles. The van der Waals surface area contributed by atoms with Crippen LogP contribution in [0.15, 0.2) is 29.3 Å². The predicted molar refractivity (Wildman–Crippen MR) is 103 cm³/mol. The first-order chi connectivity index (χ1) is 11.9. The zero-order chi connectivity index (χ0) is 18.3. The standard InChI is InChI=1S/C20H33N3O2/c1-6-24-17-11-13-23(14-12-17)19(21-5)22-15-16-9-7-8-10-18(16)25-20(2,3)4/h7-10,17H,6,11-15H2,1-5H3,(H,21,22). The number of benzene rings is 1. The second-order valence-corrected chi connectivity index (χ2v) is 7.36. The summed E-state index contributed by atoms with van der Waals surface area (Å²) in [7, 11) is 1.84. The predicted octanol–water partition coefficient (Wildman–Crippen LogP) is 3.44. The number of aliphatic imine (C=N–C) groups is 1. The van der Waals surface area contributed by atoms with Crippen molar-refractivity contribution in [3.63, 3.8) is 0 Å². The number of hydrogen-bond acceptors (Lipinski definition) is 3. The molecule has 0 aliphatic carbocycles. The SMILES string of the molecule is CCOC1CCN(C(=NC)NCc2ccccc2OC(C)(C)C)CC1. The van der Waals surface area contributed by atoms with E-state index in [2.05, 4.69) is 49.0 Å². The third kappa shape index (κ3) is 6.24. The minimum Gasteiger partial charge on any atom is -0.488 e. The number of guanidine groups is 1. The molecule has 1 aliphatic heterocycles. The van der Waals surface area contributed by atoms with E-state index in [9.17, 15) is 0 Å². The molecule has 1 saturated heterocycles. The molecular formula is C20H33N3O2. The van der Waals surface area contributed by atoms with Gasteiger partial charge in [0.05, 0.1) is 6.10 Å².